The maximum atomic E-state index is 15.6. The van der Waals surface area contributed by atoms with Gasteiger partial charge in [0.25, 0.3) is 5.91 Å². The third-order valence-electron chi connectivity index (χ3n) is 5.73. The number of nitrogen functional groups attached to an aromatic ring is 1. The topological polar surface area (TPSA) is 111 Å². The molecule has 0 aliphatic rings. The summed E-state index contributed by atoms with van der Waals surface area (Å²) in [5.74, 6) is -2.42. The number of alkyl halides is 3. The highest BCUT2D eigenvalue weighted by Crippen LogP contribution is 2.36. The number of nitrogens with one attached hydrogen (secondary N) is 1. The molecule has 0 aliphatic carbocycles. The summed E-state index contributed by atoms with van der Waals surface area (Å²) in [4.78, 5) is 21.2. The molecule has 0 saturated heterocycles. The molecule has 0 spiro atoms. The highest BCUT2D eigenvalue weighted by molar-refractivity contribution is 6.12. The molecule has 0 saturated carbocycles. The minimum Gasteiger partial charge on any atom is -0.460 e. The quantitative estimate of drug-likeness (QED) is 0.293. The maximum absolute atomic E-state index is 15.6. The van der Waals surface area contributed by atoms with E-state index >= 15 is 4.39 Å². The van der Waals surface area contributed by atoms with E-state index in [1.54, 1.807) is 0 Å². The van der Waals surface area contributed by atoms with Crippen LogP contribution in [0.1, 0.15) is 41.5 Å². The smallest absolute Gasteiger partial charge is 0.416 e. The molecular formula is C24H17F5N6O2. The van der Waals surface area contributed by atoms with Gasteiger partial charge in [-0.3, -0.25) is 4.79 Å². The van der Waals surface area contributed by atoms with Gasteiger partial charge in [-0.25, -0.2) is 23.3 Å². The number of anilines is 2. The van der Waals surface area contributed by atoms with Crippen LogP contribution in [0.25, 0.3) is 27.7 Å². The van der Waals surface area contributed by atoms with Gasteiger partial charge in [-0.05, 0) is 30.3 Å². The van der Waals surface area contributed by atoms with Crippen molar-refractivity contribution in [2.24, 2.45) is 0 Å². The lowest BCUT2D eigenvalue weighted by atomic mass is 10.1. The van der Waals surface area contributed by atoms with E-state index < -0.39 is 35.0 Å². The summed E-state index contributed by atoms with van der Waals surface area (Å²) < 4.78 is 75.5. The lowest BCUT2D eigenvalue weighted by molar-refractivity contribution is -0.137. The molecule has 2 aromatic carbocycles. The van der Waals surface area contributed by atoms with Crippen LogP contribution in [0.3, 0.4) is 0 Å². The molecule has 0 atom stereocenters. The van der Waals surface area contributed by atoms with Gasteiger partial charge in [0.2, 0.25) is 0 Å². The van der Waals surface area contributed by atoms with Crippen LogP contribution in [0.4, 0.5) is 33.5 Å². The van der Waals surface area contributed by atoms with E-state index in [1.165, 1.54) is 23.0 Å². The van der Waals surface area contributed by atoms with Crippen LogP contribution < -0.4 is 11.1 Å². The molecular weight excluding hydrogens is 499 g/mol. The number of aromatic nitrogens is 4. The van der Waals surface area contributed by atoms with Gasteiger partial charge in [-0.1, -0.05) is 13.8 Å². The highest BCUT2D eigenvalue weighted by Gasteiger charge is 2.31. The van der Waals surface area contributed by atoms with E-state index in [1.807, 2.05) is 13.8 Å². The van der Waals surface area contributed by atoms with Crippen molar-refractivity contribution in [3.05, 3.63) is 71.5 Å². The molecule has 3 heterocycles. The Balaban J connectivity index is 1.57. The third kappa shape index (κ3) is 4.01. The summed E-state index contributed by atoms with van der Waals surface area (Å²) in [6.07, 6.45) is -2.55. The van der Waals surface area contributed by atoms with Crippen molar-refractivity contribution in [3.8, 4) is 11.3 Å². The zero-order valence-corrected chi connectivity index (χ0v) is 19.2. The Morgan fingerprint density at radius 3 is 2.62 bits per heavy atom. The first-order chi connectivity index (χ1) is 17.5. The van der Waals surface area contributed by atoms with Gasteiger partial charge in [0.05, 0.1) is 16.8 Å². The van der Waals surface area contributed by atoms with Crippen molar-refractivity contribution < 1.29 is 31.2 Å². The van der Waals surface area contributed by atoms with E-state index in [-0.39, 0.29) is 45.0 Å². The molecule has 0 unspecified atom stereocenters. The second kappa shape index (κ2) is 8.54. The number of nitrogens with two attached hydrogens (primary N) is 1. The largest absolute Gasteiger partial charge is 0.460 e. The number of fused-ring (bicyclic) bond motifs is 2. The van der Waals surface area contributed by atoms with E-state index in [4.69, 9.17) is 10.2 Å². The van der Waals surface area contributed by atoms with Crippen molar-refractivity contribution in [2.75, 3.05) is 11.1 Å². The maximum Gasteiger partial charge on any atom is 0.416 e. The van der Waals surface area contributed by atoms with Crippen LogP contribution in [0, 0.1) is 11.6 Å². The molecule has 13 heteroatoms. The average Bonchev–Trinajstić information content (AvgIpc) is 3.43. The Hall–Kier alpha value is -4.55. The highest BCUT2D eigenvalue weighted by atomic mass is 19.4. The first-order valence-electron chi connectivity index (χ1n) is 10.8. The van der Waals surface area contributed by atoms with Crippen LogP contribution in [0.15, 0.2) is 47.3 Å². The van der Waals surface area contributed by atoms with Crippen molar-refractivity contribution in [2.45, 2.75) is 25.9 Å². The SMILES string of the molecule is CC(C)c1nc(-c2ccc3c(C(=O)Nc4cc(C(F)(F)F)ccc4F)coc3c2F)c2c(N)ncnn12. The zero-order chi connectivity index (χ0) is 26.6. The normalized spacial score (nSPS) is 12.1. The Morgan fingerprint density at radius 1 is 1.16 bits per heavy atom. The first kappa shape index (κ1) is 24.2. The third-order valence-corrected chi connectivity index (χ3v) is 5.73. The summed E-state index contributed by atoms with van der Waals surface area (Å²) in [7, 11) is 0. The van der Waals surface area contributed by atoms with Gasteiger partial charge >= 0.3 is 6.18 Å². The minimum absolute atomic E-state index is 0.00336. The molecule has 190 valence electrons. The Labute approximate surface area is 204 Å². The van der Waals surface area contributed by atoms with E-state index in [0.29, 0.717) is 24.0 Å². The predicted octanol–water partition coefficient (Wildman–Crippen LogP) is 5.79. The number of hydrogen-bond acceptors (Lipinski definition) is 6. The number of hydrogen-bond donors (Lipinski definition) is 2. The van der Waals surface area contributed by atoms with Gasteiger partial charge in [-0.15, -0.1) is 0 Å². The second-order valence-electron chi connectivity index (χ2n) is 8.48. The summed E-state index contributed by atoms with van der Waals surface area (Å²) in [5.41, 5.74) is 4.12. The standard InChI is InChI=1S/C24H17F5N6O2/c1-10(2)22-34-18(19-21(30)31-9-32-35(19)22)13-5-4-12-14(8-37-20(12)17(13)26)23(36)33-16-7-11(24(27,28)29)3-6-15(16)25/h3-10H,1-2H3,(H,33,36)(H2,30,31,32). The molecule has 1 amide bonds. The van der Waals surface area contributed by atoms with Crippen LogP contribution in [0.5, 0.6) is 0 Å². The fourth-order valence-corrected chi connectivity index (χ4v) is 3.95. The summed E-state index contributed by atoms with van der Waals surface area (Å²) >= 11 is 0. The van der Waals surface area contributed by atoms with Gasteiger partial charge in [-0.2, -0.15) is 18.3 Å². The van der Waals surface area contributed by atoms with Crippen LogP contribution in [-0.2, 0) is 6.18 Å². The number of nitrogens with zero attached hydrogens (tertiary/aromatic N) is 4. The van der Waals surface area contributed by atoms with E-state index in [9.17, 15) is 22.4 Å². The van der Waals surface area contributed by atoms with Crippen molar-refractivity contribution >= 4 is 33.9 Å². The summed E-state index contributed by atoms with van der Waals surface area (Å²) in [6.45, 7) is 3.75. The van der Waals surface area contributed by atoms with Gasteiger partial charge in [0, 0.05) is 16.9 Å². The number of benzene rings is 2. The van der Waals surface area contributed by atoms with Gasteiger partial charge in [0.15, 0.2) is 17.2 Å². The molecule has 0 bridgehead atoms. The van der Waals surface area contributed by atoms with Crippen LogP contribution in [0.2, 0.25) is 0 Å². The monoisotopic (exact) mass is 516 g/mol. The molecule has 5 aromatic rings. The Bertz CT molecular complexity index is 1690. The molecule has 5 rings (SSSR count). The molecule has 0 fully saturated rings. The number of halogens is 5. The number of rotatable bonds is 4. The van der Waals surface area contributed by atoms with Crippen LogP contribution in [-0.4, -0.2) is 25.5 Å². The number of furan rings is 1. The molecule has 3 aromatic heterocycles. The zero-order valence-electron chi connectivity index (χ0n) is 19.2. The number of amides is 1. The lowest BCUT2D eigenvalue weighted by Crippen LogP contribution is -2.14. The second-order valence-corrected chi connectivity index (χ2v) is 8.48. The first-order valence-corrected chi connectivity index (χ1v) is 10.8. The van der Waals surface area contributed by atoms with Crippen LogP contribution >= 0.6 is 0 Å². The summed E-state index contributed by atoms with van der Waals surface area (Å²) in [5, 5.41) is 6.26. The fourth-order valence-electron chi connectivity index (χ4n) is 3.95. The average molecular weight is 516 g/mol. The number of imidazole rings is 1. The van der Waals surface area contributed by atoms with E-state index in [0.717, 1.165) is 6.26 Å². The minimum atomic E-state index is -4.74. The Morgan fingerprint density at radius 2 is 1.92 bits per heavy atom. The van der Waals surface area contributed by atoms with Gasteiger partial charge < -0.3 is 15.5 Å². The van der Waals surface area contributed by atoms with Crippen molar-refractivity contribution in [1.82, 2.24) is 19.6 Å². The van der Waals surface area contributed by atoms with E-state index in [2.05, 4.69) is 20.4 Å². The summed E-state index contributed by atoms with van der Waals surface area (Å²) in [6, 6.07) is 4.35. The molecule has 3 N–H and O–H groups in total. The number of carbonyl (C=O) groups excluding carboxylic acids is 1. The van der Waals surface area contributed by atoms with Gasteiger partial charge in [0.1, 0.15) is 35.4 Å². The Kier molecular flexibility index (Phi) is 5.57. The molecule has 37 heavy (non-hydrogen) atoms. The molecule has 8 nitrogen and oxygen atoms in total. The fraction of sp³-hybridized carbons (Fsp3) is 0.167. The number of carbonyl (C=O) groups is 1. The predicted molar refractivity (Wildman–Crippen MR) is 124 cm³/mol. The lowest BCUT2D eigenvalue weighted by Gasteiger charge is -2.10. The van der Waals surface area contributed by atoms with Crippen molar-refractivity contribution in [1.29, 1.82) is 0 Å². The molecule has 0 aliphatic heterocycles. The van der Waals surface area contributed by atoms with Crippen molar-refractivity contribution in [3.63, 3.8) is 0 Å². The molecule has 0 radical (unpaired) electrons.